The predicted octanol–water partition coefficient (Wildman–Crippen LogP) is 3.91. The molecule has 2 aromatic rings. The number of hydrogen-bond donors (Lipinski definition) is 2. The Labute approximate surface area is 120 Å². The third-order valence-corrected chi connectivity index (χ3v) is 2.93. The number of benzene rings is 1. The van der Waals surface area contributed by atoms with Crippen molar-refractivity contribution in [1.82, 2.24) is 9.97 Å². The van der Waals surface area contributed by atoms with E-state index < -0.39 is 0 Å². The molecule has 1 aromatic heterocycles. The molecule has 106 valence electrons. The van der Waals surface area contributed by atoms with Crippen molar-refractivity contribution in [3.05, 3.63) is 41.7 Å². The summed E-state index contributed by atoms with van der Waals surface area (Å²) >= 11 is 0. The van der Waals surface area contributed by atoms with E-state index in [0.717, 1.165) is 42.5 Å². The van der Waals surface area contributed by atoms with Crippen LogP contribution in [-0.4, -0.2) is 16.5 Å². The number of nitrogens with zero attached hydrogens (tertiary/aromatic N) is 2. The molecule has 0 radical (unpaired) electrons. The molecule has 0 saturated heterocycles. The molecular weight excluding hydrogens is 248 g/mol. The Morgan fingerprint density at radius 3 is 2.35 bits per heavy atom. The summed E-state index contributed by atoms with van der Waals surface area (Å²) in [6.07, 6.45) is 1.93. The van der Waals surface area contributed by atoms with Crippen LogP contribution in [0.25, 0.3) is 0 Å². The monoisotopic (exact) mass is 270 g/mol. The van der Waals surface area contributed by atoms with Gasteiger partial charge in [0, 0.05) is 24.7 Å². The van der Waals surface area contributed by atoms with Gasteiger partial charge < -0.3 is 10.6 Å². The lowest BCUT2D eigenvalue weighted by Crippen LogP contribution is -2.06. The van der Waals surface area contributed by atoms with Gasteiger partial charge in [-0.25, -0.2) is 9.97 Å². The predicted molar refractivity (Wildman–Crippen MR) is 84.7 cm³/mol. The fourth-order valence-corrected chi connectivity index (χ4v) is 1.95. The summed E-state index contributed by atoms with van der Waals surface area (Å²) in [6.45, 7) is 7.13. The lowest BCUT2D eigenvalue weighted by atomic mass is 10.2. The molecule has 0 aliphatic carbocycles. The average molecular weight is 270 g/mol. The molecule has 1 heterocycles. The first kappa shape index (κ1) is 14.3. The molecule has 4 heteroatoms. The second-order valence-corrected chi connectivity index (χ2v) is 4.83. The Morgan fingerprint density at radius 2 is 1.70 bits per heavy atom. The zero-order chi connectivity index (χ0) is 14.4. The smallest absolute Gasteiger partial charge is 0.136 e. The SMILES string of the molecule is CCCc1nc(NCC)cc(Nc2ccc(C)cc2)n1. The molecule has 0 spiro atoms. The first-order chi connectivity index (χ1) is 9.71. The average Bonchev–Trinajstić information content (AvgIpc) is 2.42. The van der Waals surface area contributed by atoms with Gasteiger partial charge in [0.2, 0.25) is 0 Å². The highest BCUT2D eigenvalue weighted by atomic mass is 15.1. The summed E-state index contributed by atoms with van der Waals surface area (Å²) in [6, 6.07) is 10.2. The first-order valence-corrected chi connectivity index (χ1v) is 7.16. The molecule has 20 heavy (non-hydrogen) atoms. The molecule has 0 saturated carbocycles. The van der Waals surface area contributed by atoms with Crippen LogP contribution >= 0.6 is 0 Å². The number of aryl methyl sites for hydroxylation is 2. The number of anilines is 3. The number of rotatable bonds is 6. The van der Waals surface area contributed by atoms with Gasteiger partial charge >= 0.3 is 0 Å². The Bertz CT molecular complexity index is 525. The maximum absolute atomic E-state index is 4.56. The fraction of sp³-hybridized carbons (Fsp3) is 0.375. The van der Waals surface area contributed by atoms with Gasteiger partial charge in [-0.15, -0.1) is 0 Å². The molecule has 0 atom stereocenters. The van der Waals surface area contributed by atoms with Crippen molar-refractivity contribution in [3.8, 4) is 0 Å². The molecule has 0 unspecified atom stereocenters. The van der Waals surface area contributed by atoms with Crippen LogP contribution in [0, 0.1) is 6.92 Å². The van der Waals surface area contributed by atoms with Crippen LogP contribution in [0.15, 0.2) is 30.3 Å². The summed E-state index contributed by atoms with van der Waals surface area (Å²) in [5.74, 6) is 2.59. The van der Waals surface area contributed by atoms with E-state index >= 15 is 0 Å². The normalized spacial score (nSPS) is 10.3. The van der Waals surface area contributed by atoms with Crippen LogP contribution < -0.4 is 10.6 Å². The van der Waals surface area contributed by atoms with Crippen molar-refractivity contribution in [2.75, 3.05) is 17.2 Å². The van der Waals surface area contributed by atoms with Crippen molar-refractivity contribution >= 4 is 17.3 Å². The van der Waals surface area contributed by atoms with Gasteiger partial charge in [0.1, 0.15) is 17.5 Å². The Hall–Kier alpha value is -2.10. The molecule has 0 fully saturated rings. The van der Waals surface area contributed by atoms with E-state index in [2.05, 4.69) is 65.6 Å². The van der Waals surface area contributed by atoms with E-state index in [0.29, 0.717) is 0 Å². The van der Waals surface area contributed by atoms with E-state index in [9.17, 15) is 0 Å². The van der Waals surface area contributed by atoms with Crippen LogP contribution in [0.5, 0.6) is 0 Å². The number of aromatic nitrogens is 2. The van der Waals surface area contributed by atoms with Crippen molar-refractivity contribution in [1.29, 1.82) is 0 Å². The third kappa shape index (κ3) is 3.95. The molecule has 0 aliphatic rings. The Kier molecular flexibility index (Phi) is 4.93. The minimum Gasteiger partial charge on any atom is -0.370 e. The molecule has 0 amide bonds. The second kappa shape index (κ2) is 6.89. The van der Waals surface area contributed by atoms with Crippen molar-refractivity contribution in [3.63, 3.8) is 0 Å². The van der Waals surface area contributed by atoms with Crippen molar-refractivity contribution < 1.29 is 0 Å². The molecule has 2 N–H and O–H groups in total. The van der Waals surface area contributed by atoms with E-state index in [1.54, 1.807) is 0 Å². The lowest BCUT2D eigenvalue weighted by molar-refractivity contribution is 0.836. The van der Waals surface area contributed by atoms with Gasteiger partial charge in [0.05, 0.1) is 0 Å². The summed E-state index contributed by atoms with van der Waals surface area (Å²) in [5, 5.41) is 6.59. The summed E-state index contributed by atoms with van der Waals surface area (Å²) < 4.78 is 0. The van der Waals surface area contributed by atoms with E-state index in [-0.39, 0.29) is 0 Å². The third-order valence-electron chi connectivity index (χ3n) is 2.93. The highest BCUT2D eigenvalue weighted by molar-refractivity contribution is 5.59. The number of nitrogens with one attached hydrogen (secondary N) is 2. The van der Waals surface area contributed by atoms with Gasteiger partial charge in [0.25, 0.3) is 0 Å². The molecule has 1 aromatic carbocycles. The zero-order valence-corrected chi connectivity index (χ0v) is 12.4. The van der Waals surface area contributed by atoms with E-state index in [1.165, 1.54) is 5.56 Å². The highest BCUT2D eigenvalue weighted by Crippen LogP contribution is 2.18. The van der Waals surface area contributed by atoms with Gasteiger partial charge in [-0.3, -0.25) is 0 Å². The van der Waals surface area contributed by atoms with Crippen LogP contribution in [-0.2, 0) is 6.42 Å². The standard InChI is InChI=1S/C16H22N4/c1-4-6-14-19-15(17-5-2)11-16(20-14)18-13-9-7-12(3)8-10-13/h7-11H,4-6H2,1-3H3,(H2,17,18,19,20). The topological polar surface area (TPSA) is 49.8 Å². The fourth-order valence-electron chi connectivity index (χ4n) is 1.95. The molecule has 2 rings (SSSR count). The summed E-state index contributed by atoms with van der Waals surface area (Å²) in [4.78, 5) is 9.07. The lowest BCUT2D eigenvalue weighted by Gasteiger charge is -2.10. The van der Waals surface area contributed by atoms with Crippen LogP contribution in [0.3, 0.4) is 0 Å². The van der Waals surface area contributed by atoms with Crippen LogP contribution in [0.1, 0.15) is 31.7 Å². The van der Waals surface area contributed by atoms with Gasteiger partial charge in [-0.05, 0) is 32.4 Å². The molecule has 0 bridgehead atoms. The number of hydrogen-bond acceptors (Lipinski definition) is 4. The Balaban J connectivity index is 2.22. The second-order valence-electron chi connectivity index (χ2n) is 4.83. The van der Waals surface area contributed by atoms with Gasteiger partial charge in [-0.1, -0.05) is 24.6 Å². The summed E-state index contributed by atoms with van der Waals surface area (Å²) in [7, 11) is 0. The van der Waals surface area contributed by atoms with Crippen molar-refractivity contribution in [2.45, 2.75) is 33.6 Å². The maximum Gasteiger partial charge on any atom is 0.136 e. The van der Waals surface area contributed by atoms with Gasteiger partial charge in [0.15, 0.2) is 0 Å². The van der Waals surface area contributed by atoms with Gasteiger partial charge in [-0.2, -0.15) is 0 Å². The van der Waals surface area contributed by atoms with Crippen LogP contribution in [0.2, 0.25) is 0 Å². The minimum atomic E-state index is 0.836. The minimum absolute atomic E-state index is 0.836. The van der Waals surface area contributed by atoms with Crippen molar-refractivity contribution in [2.24, 2.45) is 0 Å². The first-order valence-electron chi connectivity index (χ1n) is 7.16. The molecule has 4 nitrogen and oxygen atoms in total. The Morgan fingerprint density at radius 1 is 1.00 bits per heavy atom. The quantitative estimate of drug-likeness (QED) is 0.835. The van der Waals surface area contributed by atoms with Crippen LogP contribution in [0.4, 0.5) is 17.3 Å². The largest absolute Gasteiger partial charge is 0.370 e. The highest BCUT2D eigenvalue weighted by Gasteiger charge is 2.04. The zero-order valence-electron chi connectivity index (χ0n) is 12.4. The molecular formula is C16H22N4. The van der Waals surface area contributed by atoms with E-state index in [4.69, 9.17) is 0 Å². The summed E-state index contributed by atoms with van der Waals surface area (Å²) in [5.41, 5.74) is 2.29. The van der Waals surface area contributed by atoms with E-state index in [1.807, 2.05) is 6.07 Å². The maximum atomic E-state index is 4.56. The molecule has 0 aliphatic heterocycles.